The largest absolute Gasteiger partial charge is 0.508 e. The summed E-state index contributed by atoms with van der Waals surface area (Å²) < 4.78 is 0. The number of hydrogen-bond acceptors (Lipinski definition) is 4. The highest BCUT2D eigenvalue weighted by Gasteiger charge is 2.06. The summed E-state index contributed by atoms with van der Waals surface area (Å²) in [7, 11) is 0. The average Bonchev–Trinajstić information content (AvgIpc) is 2.22. The summed E-state index contributed by atoms with van der Waals surface area (Å²) >= 11 is 0. The predicted octanol–water partition coefficient (Wildman–Crippen LogP) is 0.958. The summed E-state index contributed by atoms with van der Waals surface area (Å²) in [6, 6.07) is 4.52. The summed E-state index contributed by atoms with van der Waals surface area (Å²) in [5.41, 5.74) is 0.708. The summed E-state index contributed by atoms with van der Waals surface area (Å²) in [5.74, 6) is 0.112. The molecule has 0 bridgehead atoms. The van der Waals surface area contributed by atoms with Crippen LogP contribution in [0.5, 0.6) is 11.5 Å². The van der Waals surface area contributed by atoms with Gasteiger partial charge in [0.15, 0.2) is 0 Å². The van der Waals surface area contributed by atoms with E-state index in [4.69, 9.17) is 10.2 Å². The molecule has 1 aromatic rings. The molecule has 0 aliphatic carbocycles. The molecule has 0 fully saturated rings. The Morgan fingerprint density at radius 3 is 2.60 bits per heavy atom. The Morgan fingerprint density at radius 1 is 1.33 bits per heavy atom. The van der Waals surface area contributed by atoms with Gasteiger partial charge >= 0.3 is 0 Å². The zero-order valence-corrected chi connectivity index (χ0v) is 8.77. The second kappa shape index (κ2) is 5.58. The molecule has 1 rings (SSSR count). The molecule has 0 aliphatic heterocycles. The predicted molar refractivity (Wildman–Crippen MR) is 57.8 cm³/mol. The lowest BCUT2D eigenvalue weighted by Gasteiger charge is -2.14. The van der Waals surface area contributed by atoms with Crippen LogP contribution in [0.1, 0.15) is 18.9 Å². The average molecular weight is 211 g/mol. The molecule has 0 aliphatic rings. The Morgan fingerprint density at radius 2 is 2.07 bits per heavy atom. The van der Waals surface area contributed by atoms with Gasteiger partial charge in [-0.15, -0.1) is 0 Å². The van der Waals surface area contributed by atoms with Gasteiger partial charge in [0.1, 0.15) is 11.5 Å². The fourth-order valence-corrected chi connectivity index (χ4v) is 1.29. The Labute approximate surface area is 89.2 Å². The van der Waals surface area contributed by atoms with E-state index < -0.39 is 0 Å². The van der Waals surface area contributed by atoms with E-state index in [9.17, 15) is 5.11 Å². The Bertz CT molecular complexity index is 311. The molecule has 0 heterocycles. The molecular formula is C11H17NO3. The van der Waals surface area contributed by atoms with Crippen molar-refractivity contribution in [1.82, 2.24) is 5.32 Å². The van der Waals surface area contributed by atoms with E-state index in [0.717, 1.165) is 6.42 Å². The molecular weight excluding hydrogens is 194 g/mol. The maximum Gasteiger partial charge on any atom is 0.123 e. The van der Waals surface area contributed by atoms with Crippen LogP contribution in [0, 0.1) is 0 Å². The topological polar surface area (TPSA) is 72.7 Å². The molecule has 0 aromatic heterocycles. The van der Waals surface area contributed by atoms with Gasteiger partial charge in [-0.25, -0.2) is 0 Å². The molecule has 4 nitrogen and oxygen atoms in total. The second-order valence-corrected chi connectivity index (χ2v) is 3.48. The van der Waals surface area contributed by atoms with E-state index in [2.05, 4.69) is 5.32 Å². The molecule has 0 radical (unpaired) electrons. The molecule has 15 heavy (non-hydrogen) atoms. The maximum atomic E-state index is 9.49. The van der Waals surface area contributed by atoms with Crippen LogP contribution in [0.3, 0.4) is 0 Å². The van der Waals surface area contributed by atoms with Gasteiger partial charge in [0.05, 0.1) is 6.61 Å². The van der Waals surface area contributed by atoms with Gasteiger partial charge in [-0.2, -0.15) is 0 Å². The maximum absolute atomic E-state index is 9.49. The molecule has 4 heteroatoms. The second-order valence-electron chi connectivity index (χ2n) is 3.48. The van der Waals surface area contributed by atoms with E-state index in [1.165, 1.54) is 12.1 Å². The standard InChI is InChI=1S/C11H17NO3/c1-2-9(7-13)12-6-8-3-4-10(14)5-11(8)15/h3-5,9,12-15H,2,6-7H2,1H3/t9-/m0/s1. The van der Waals surface area contributed by atoms with Crippen molar-refractivity contribution in [2.24, 2.45) is 0 Å². The van der Waals surface area contributed by atoms with Gasteiger partial charge in [0, 0.05) is 24.2 Å². The zero-order valence-electron chi connectivity index (χ0n) is 8.77. The Kier molecular flexibility index (Phi) is 4.39. The zero-order chi connectivity index (χ0) is 11.3. The molecule has 0 spiro atoms. The van der Waals surface area contributed by atoms with Crippen molar-refractivity contribution >= 4 is 0 Å². The highest BCUT2D eigenvalue weighted by molar-refractivity contribution is 5.38. The summed E-state index contributed by atoms with van der Waals surface area (Å²) in [6.45, 7) is 2.53. The van der Waals surface area contributed by atoms with Gasteiger partial charge in [0.25, 0.3) is 0 Å². The van der Waals surface area contributed by atoms with Crippen molar-refractivity contribution in [3.05, 3.63) is 23.8 Å². The molecule has 0 saturated carbocycles. The highest BCUT2D eigenvalue weighted by Crippen LogP contribution is 2.22. The SMILES string of the molecule is CC[C@@H](CO)NCc1ccc(O)cc1O. The van der Waals surface area contributed by atoms with Crippen molar-refractivity contribution in [3.63, 3.8) is 0 Å². The Balaban J connectivity index is 2.57. The molecule has 4 N–H and O–H groups in total. The Hall–Kier alpha value is -1.26. The lowest BCUT2D eigenvalue weighted by Crippen LogP contribution is -2.31. The third-order valence-corrected chi connectivity index (χ3v) is 2.36. The molecule has 0 amide bonds. The smallest absolute Gasteiger partial charge is 0.123 e. The van der Waals surface area contributed by atoms with Crippen molar-refractivity contribution in [1.29, 1.82) is 0 Å². The van der Waals surface area contributed by atoms with Crippen molar-refractivity contribution in [3.8, 4) is 11.5 Å². The number of benzene rings is 1. The van der Waals surface area contributed by atoms with Crippen LogP contribution < -0.4 is 5.32 Å². The monoisotopic (exact) mass is 211 g/mol. The molecule has 1 atom stereocenters. The first-order valence-corrected chi connectivity index (χ1v) is 5.02. The van der Waals surface area contributed by atoms with Gasteiger partial charge in [-0.3, -0.25) is 0 Å². The van der Waals surface area contributed by atoms with E-state index >= 15 is 0 Å². The molecule has 0 saturated heterocycles. The number of nitrogens with one attached hydrogen (secondary N) is 1. The number of aromatic hydroxyl groups is 2. The molecule has 1 aromatic carbocycles. The van der Waals surface area contributed by atoms with E-state index in [1.54, 1.807) is 6.07 Å². The van der Waals surface area contributed by atoms with Crippen molar-refractivity contribution in [2.45, 2.75) is 25.9 Å². The van der Waals surface area contributed by atoms with Gasteiger partial charge in [-0.05, 0) is 12.5 Å². The summed E-state index contributed by atoms with van der Waals surface area (Å²) in [6.07, 6.45) is 0.829. The normalized spacial score (nSPS) is 12.7. The van der Waals surface area contributed by atoms with Crippen molar-refractivity contribution < 1.29 is 15.3 Å². The fraction of sp³-hybridized carbons (Fsp3) is 0.455. The van der Waals surface area contributed by atoms with Gasteiger partial charge in [0.2, 0.25) is 0 Å². The number of rotatable bonds is 5. The van der Waals surface area contributed by atoms with Crippen LogP contribution in [0.15, 0.2) is 18.2 Å². The third kappa shape index (κ3) is 3.42. The number of phenolic OH excluding ortho intramolecular Hbond substituents is 2. The number of aliphatic hydroxyl groups is 1. The third-order valence-electron chi connectivity index (χ3n) is 2.36. The lowest BCUT2D eigenvalue weighted by atomic mass is 10.1. The van der Waals surface area contributed by atoms with Crippen LogP contribution >= 0.6 is 0 Å². The number of hydrogen-bond donors (Lipinski definition) is 4. The summed E-state index contributed by atoms with van der Waals surface area (Å²) in [5, 5.41) is 30.6. The van der Waals surface area contributed by atoms with Gasteiger partial charge < -0.3 is 20.6 Å². The molecule has 0 unspecified atom stereocenters. The van der Waals surface area contributed by atoms with Crippen molar-refractivity contribution in [2.75, 3.05) is 6.61 Å². The van der Waals surface area contributed by atoms with E-state index in [0.29, 0.717) is 12.1 Å². The summed E-state index contributed by atoms with van der Waals surface area (Å²) in [4.78, 5) is 0. The van der Waals surface area contributed by atoms with Crippen LogP contribution in [-0.4, -0.2) is 28.0 Å². The first kappa shape index (κ1) is 11.8. The highest BCUT2D eigenvalue weighted by atomic mass is 16.3. The van der Waals surface area contributed by atoms with Gasteiger partial charge in [-0.1, -0.05) is 13.0 Å². The number of phenols is 2. The van der Waals surface area contributed by atoms with E-state index in [-0.39, 0.29) is 24.1 Å². The lowest BCUT2D eigenvalue weighted by molar-refractivity contribution is 0.238. The minimum atomic E-state index is 0.0400. The fourth-order valence-electron chi connectivity index (χ4n) is 1.29. The minimum absolute atomic E-state index is 0.0400. The quantitative estimate of drug-likeness (QED) is 0.585. The first-order valence-electron chi connectivity index (χ1n) is 5.02. The van der Waals surface area contributed by atoms with Crippen LogP contribution in [-0.2, 0) is 6.54 Å². The molecule has 84 valence electrons. The number of aliphatic hydroxyl groups excluding tert-OH is 1. The first-order chi connectivity index (χ1) is 7.17. The van der Waals surface area contributed by atoms with Crippen LogP contribution in [0.2, 0.25) is 0 Å². The van der Waals surface area contributed by atoms with Crippen LogP contribution in [0.25, 0.3) is 0 Å². The minimum Gasteiger partial charge on any atom is -0.508 e. The van der Waals surface area contributed by atoms with Crippen LogP contribution in [0.4, 0.5) is 0 Å². The van der Waals surface area contributed by atoms with E-state index in [1.807, 2.05) is 6.92 Å².